The molecule has 7 heteroatoms. The first-order valence-electron chi connectivity index (χ1n) is 3.79. The highest BCUT2D eigenvalue weighted by Gasteiger charge is 2.14. The van der Waals surface area contributed by atoms with Gasteiger partial charge in [0.25, 0.3) is 0 Å². The predicted octanol–water partition coefficient (Wildman–Crippen LogP) is 1.80. The summed E-state index contributed by atoms with van der Waals surface area (Å²) in [5, 5.41) is 8.67. The van der Waals surface area contributed by atoms with E-state index in [0.29, 0.717) is 0 Å². The number of nitriles is 1. The quantitative estimate of drug-likeness (QED) is 0.847. The molecule has 1 aromatic rings. The van der Waals surface area contributed by atoms with Crippen molar-refractivity contribution in [2.45, 2.75) is 4.90 Å². The minimum atomic E-state index is -3.68. The molecule has 1 aromatic carbocycles. The van der Waals surface area contributed by atoms with Crippen molar-refractivity contribution >= 4 is 33.2 Å². The van der Waals surface area contributed by atoms with E-state index in [1.54, 1.807) is 6.07 Å². The molecule has 0 fully saturated rings. The maximum absolute atomic E-state index is 11.5. The highest BCUT2D eigenvalue weighted by atomic mass is 35.5. The smallest absolute Gasteiger partial charge is 0.207 e. The second kappa shape index (κ2) is 4.81. The minimum Gasteiger partial charge on any atom is -0.207 e. The van der Waals surface area contributed by atoms with Gasteiger partial charge >= 0.3 is 0 Å². The Kier molecular flexibility index (Phi) is 3.94. The molecule has 0 aliphatic heterocycles. The third-order valence-corrected chi connectivity index (χ3v) is 3.68. The molecule has 80 valence electrons. The van der Waals surface area contributed by atoms with Gasteiger partial charge in [-0.1, -0.05) is 23.2 Å². The molecule has 0 saturated carbocycles. The van der Waals surface area contributed by atoms with Gasteiger partial charge in [-0.15, -0.1) is 0 Å². The third kappa shape index (κ3) is 3.08. The summed E-state index contributed by atoms with van der Waals surface area (Å²) in [5.41, 5.74) is 0. The Bertz CT molecular complexity index is 508. The lowest BCUT2D eigenvalue weighted by Crippen LogP contribution is -2.23. The summed E-state index contributed by atoms with van der Waals surface area (Å²) in [4.78, 5) is -0.0212. The topological polar surface area (TPSA) is 70.0 Å². The Morgan fingerprint density at radius 1 is 1.33 bits per heavy atom. The Hall–Kier alpha value is -0.800. The number of hydrogen-bond acceptors (Lipinski definition) is 3. The van der Waals surface area contributed by atoms with E-state index >= 15 is 0 Å². The fourth-order valence-corrected chi connectivity index (χ4v) is 2.16. The highest BCUT2D eigenvalue weighted by Crippen LogP contribution is 2.24. The average molecular weight is 265 g/mol. The largest absolute Gasteiger partial charge is 0.241 e. The summed E-state index contributed by atoms with van der Waals surface area (Å²) in [7, 11) is -3.68. The molecule has 0 heterocycles. The molecular formula is C8H6Cl2N2O2S. The zero-order valence-corrected chi connectivity index (χ0v) is 9.70. The van der Waals surface area contributed by atoms with E-state index in [9.17, 15) is 8.42 Å². The molecule has 0 aliphatic rings. The fraction of sp³-hybridized carbons (Fsp3) is 0.125. The van der Waals surface area contributed by atoms with E-state index in [1.165, 1.54) is 18.2 Å². The highest BCUT2D eigenvalue weighted by molar-refractivity contribution is 7.89. The molecule has 0 aromatic heterocycles. The van der Waals surface area contributed by atoms with Crippen LogP contribution in [-0.4, -0.2) is 15.0 Å². The third-order valence-electron chi connectivity index (χ3n) is 1.54. The molecule has 1 rings (SSSR count). The molecule has 4 nitrogen and oxygen atoms in total. The number of halogens is 2. The zero-order valence-electron chi connectivity index (χ0n) is 7.37. The Morgan fingerprint density at radius 3 is 2.53 bits per heavy atom. The first-order valence-corrected chi connectivity index (χ1v) is 6.03. The number of rotatable bonds is 3. The van der Waals surface area contributed by atoms with Crippen molar-refractivity contribution in [3.8, 4) is 6.07 Å². The van der Waals surface area contributed by atoms with Crippen LogP contribution in [0.1, 0.15) is 0 Å². The van der Waals surface area contributed by atoms with Crippen molar-refractivity contribution in [2.75, 3.05) is 6.54 Å². The van der Waals surface area contributed by atoms with Gasteiger partial charge in [0.05, 0.1) is 27.6 Å². The van der Waals surface area contributed by atoms with E-state index in [-0.39, 0.29) is 21.5 Å². The van der Waals surface area contributed by atoms with Crippen LogP contribution in [0.2, 0.25) is 10.0 Å². The summed E-state index contributed by atoms with van der Waals surface area (Å²) in [6, 6.07) is 5.59. The molecule has 0 atom stereocenters. The maximum Gasteiger partial charge on any atom is 0.241 e. The molecular weight excluding hydrogens is 259 g/mol. The van der Waals surface area contributed by atoms with Gasteiger partial charge < -0.3 is 0 Å². The summed E-state index contributed by atoms with van der Waals surface area (Å²) in [6.07, 6.45) is 0. The number of sulfonamides is 1. The molecule has 0 unspecified atom stereocenters. The van der Waals surface area contributed by atoms with Gasteiger partial charge in [-0.25, -0.2) is 8.42 Å². The van der Waals surface area contributed by atoms with Gasteiger partial charge in [0.2, 0.25) is 10.0 Å². The van der Waals surface area contributed by atoms with Gasteiger partial charge in [0.15, 0.2) is 0 Å². The molecule has 15 heavy (non-hydrogen) atoms. The lowest BCUT2D eigenvalue weighted by molar-refractivity contribution is 0.586. The lowest BCUT2D eigenvalue weighted by Gasteiger charge is -2.04. The molecule has 0 aliphatic carbocycles. The van der Waals surface area contributed by atoms with Crippen molar-refractivity contribution in [1.82, 2.24) is 4.72 Å². The minimum absolute atomic E-state index is 0.0212. The van der Waals surface area contributed by atoms with Crippen molar-refractivity contribution in [1.29, 1.82) is 5.26 Å². The van der Waals surface area contributed by atoms with Gasteiger partial charge in [0.1, 0.15) is 0 Å². The van der Waals surface area contributed by atoms with E-state index in [1.807, 2.05) is 0 Å². The van der Waals surface area contributed by atoms with Crippen molar-refractivity contribution < 1.29 is 8.42 Å². The summed E-state index contributed by atoms with van der Waals surface area (Å²) in [5.74, 6) is 0. The van der Waals surface area contributed by atoms with E-state index in [0.717, 1.165) is 0 Å². The van der Waals surface area contributed by atoms with Crippen molar-refractivity contribution in [3.63, 3.8) is 0 Å². The second-order valence-electron chi connectivity index (χ2n) is 2.56. The van der Waals surface area contributed by atoms with Gasteiger partial charge in [-0.3, -0.25) is 0 Å². The van der Waals surface area contributed by atoms with Crippen LogP contribution >= 0.6 is 23.2 Å². The summed E-state index contributed by atoms with van der Waals surface area (Å²) >= 11 is 11.3. The van der Waals surface area contributed by atoms with Crippen LogP contribution in [0.25, 0.3) is 0 Å². The second-order valence-corrected chi connectivity index (χ2v) is 5.14. The maximum atomic E-state index is 11.5. The molecule has 0 bridgehead atoms. The fourth-order valence-electron chi connectivity index (χ4n) is 0.855. The average Bonchev–Trinajstić information content (AvgIpc) is 2.19. The van der Waals surface area contributed by atoms with Gasteiger partial charge in [-0.2, -0.15) is 9.98 Å². The van der Waals surface area contributed by atoms with Crippen LogP contribution in [0.4, 0.5) is 0 Å². The van der Waals surface area contributed by atoms with Crippen LogP contribution in [0.15, 0.2) is 23.1 Å². The molecule has 0 amide bonds. The van der Waals surface area contributed by atoms with Crippen LogP contribution in [0, 0.1) is 11.3 Å². The number of nitrogens with zero attached hydrogens (tertiary/aromatic N) is 1. The van der Waals surface area contributed by atoms with Crippen LogP contribution in [-0.2, 0) is 10.0 Å². The molecule has 0 spiro atoms. The Balaban J connectivity index is 3.07. The van der Waals surface area contributed by atoms with Gasteiger partial charge in [-0.05, 0) is 18.2 Å². The summed E-state index contributed by atoms with van der Waals surface area (Å²) in [6.45, 7) is -0.289. The van der Waals surface area contributed by atoms with E-state index in [4.69, 9.17) is 28.5 Å². The first-order chi connectivity index (χ1) is 6.97. The Labute approximate surface area is 97.5 Å². The first kappa shape index (κ1) is 12.3. The van der Waals surface area contributed by atoms with Crippen LogP contribution in [0.5, 0.6) is 0 Å². The SMILES string of the molecule is N#CCNS(=O)(=O)c1ccc(Cl)c(Cl)c1. The predicted molar refractivity (Wildman–Crippen MR) is 57.3 cm³/mol. The Morgan fingerprint density at radius 2 is 2.00 bits per heavy atom. The normalized spacial score (nSPS) is 11.0. The lowest BCUT2D eigenvalue weighted by atomic mass is 10.4. The summed E-state index contributed by atoms with van der Waals surface area (Å²) < 4.78 is 25.1. The number of benzene rings is 1. The van der Waals surface area contributed by atoms with Crippen molar-refractivity contribution in [2.24, 2.45) is 0 Å². The van der Waals surface area contributed by atoms with Crippen molar-refractivity contribution in [3.05, 3.63) is 28.2 Å². The molecule has 0 radical (unpaired) electrons. The van der Waals surface area contributed by atoms with E-state index < -0.39 is 10.0 Å². The standard InChI is InChI=1S/C8H6Cl2N2O2S/c9-7-2-1-6(5-8(7)10)15(13,14)12-4-3-11/h1-2,5,12H,4H2. The monoisotopic (exact) mass is 264 g/mol. The van der Waals surface area contributed by atoms with E-state index in [2.05, 4.69) is 4.72 Å². The van der Waals surface area contributed by atoms with Crippen LogP contribution in [0.3, 0.4) is 0 Å². The van der Waals surface area contributed by atoms with Gasteiger partial charge in [0, 0.05) is 0 Å². The molecule has 1 N–H and O–H groups in total. The molecule has 0 saturated heterocycles. The van der Waals surface area contributed by atoms with Crippen LogP contribution < -0.4 is 4.72 Å². The number of hydrogen-bond donors (Lipinski definition) is 1. The number of nitrogens with one attached hydrogen (secondary N) is 1. The zero-order chi connectivity index (χ0) is 11.5.